The van der Waals surface area contributed by atoms with Crippen molar-refractivity contribution in [1.82, 2.24) is 5.32 Å². The minimum atomic E-state index is -0.259. The summed E-state index contributed by atoms with van der Waals surface area (Å²) in [4.78, 5) is 10.9. The molecule has 0 fully saturated rings. The predicted octanol–water partition coefficient (Wildman–Crippen LogP) is 3.15. The molecule has 0 aliphatic heterocycles. The third kappa shape index (κ3) is 7.04. The van der Waals surface area contributed by atoms with Gasteiger partial charge < -0.3 is 15.4 Å². The van der Waals surface area contributed by atoms with Crippen LogP contribution in [0, 0.1) is 12.7 Å². The van der Waals surface area contributed by atoms with E-state index in [1.54, 1.807) is 19.1 Å². The Kier molecular flexibility index (Phi) is 7.68. The number of benzene rings is 1. The zero-order valence-corrected chi connectivity index (χ0v) is 13.2. The van der Waals surface area contributed by atoms with Gasteiger partial charge in [0.15, 0.2) is 5.11 Å². The highest BCUT2D eigenvalue weighted by Gasteiger charge is 2.02. The van der Waals surface area contributed by atoms with Crippen LogP contribution >= 0.6 is 12.2 Å². The van der Waals surface area contributed by atoms with Crippen LogP contribution in [0.3, 0.4) is 0 Å². The molecule has 21 heavy (non-hydrogen) atoms. The number of carbonyl (C=O) groups is 1. The van der Waals surface area contributed by atoms with E-state index in [0.717, 1.165) is 19.3 Å². The molecule has 0 heterocycles. The molecular weight excluding hydrogens is 291 g/mol. The van der Waals surface area contributed by atoms with E-state index in [-0.39, 0.29) is 11.8 Å². The van der Waals surface area contributed by atoms with Crippen LogP contribution in [0.25, 0.3) is 0 Å². The molecule has 0 bridgehead atoms. The van der Waals surface area contributed by atoms with Crippen LogP contribution in [0.4, 0.5) is 10.1 Å². The lowest BCUT2D eigenvalue weighted by Gasteiger charge is -2.11. The zero-order chi connectivity index (χ0) is 15.7. The van der Waals surface area contributed by atoms with E-state index in [4.69, 9.17) is 12.2 Å². The molecule has 0 unspecified atom stereocenters. The smallest absolute Gasteiger partial charge is 0.305 e. The monoisotopic (exact) mass is 312 g/mol. The maximum Gasteiger partial charge on any atom is 0.305 e. The van der Waals surface area contributed by atoms with Crippen molar-refractivity contribution in [3.63, 3.8) is 0 Å². The molecule has 1 rings (SSSR count). The van der Waals surface area contributed by atoms with Crippen LogP contribution < -0.4 is 10.6 Å². The number of hydrogen-bond donors (Lipinski definition) is 2. The highest BCUT2D eigenvalue weighted by Crippen LogP contribution is 2.13. The SMILES string of the molecule is COC(=O)CCCCCNC(=S)Nc1ccc(C)c(F)c1. The molecule has 0 amide bonds. The zero-order valence-electron chi connectivity index (χ0n) is 12.4. The summed E-state index contributed by atoms with van der Waals surface area (Å²) in [5, 5.41) is 6.45. The number of ether oxygens (including phenoxy) is 1. The van der Waals surface area contributed by atoms with E-state index in [9.17, 15) is 9.18 Å². The number of rotatable bonds is 7. The fourth-order valence-electron chi connectivity index (χ4n) is 1.72. The molecule has 0 aliphatic rings. The molecule has 1 aromatic rings. The summed E-state index contributed by atoms with van der Waals surface area (Å²) >= 11 is 5.13. The number of esters is 1. The molecule has 2 N–H and O–H groups in total. The number of halogens is 1. The van der Waals surface area contributed by atoms with Crippen LogP contribution in [0.15, 0.2) is 18.2 Å². The van der Waals surface area contributed by atoms with Crippen molar-refractivity contribution in [2.45, 2.75) is 32.6 Å². The maximum atomic E-state index is 13.4. The second kappa shape index (κ2) is 9.28. The highest BCUT2D eigenvalue weighted by atomic mass is 32.1. The summed E-state index contributed by atoms with van der Waals surface area (Å²) < 4.78 is 17.9. The quantitative estimate of drug-likeness (QED) is 0.460. The van der Waals surface area contributed by atoms with E-state index < -0.39 is 0 Å². The van der Waals surface area contributed by atoms with Gasteiger partial charge in [-0.05, 0) is 49.7 Å². The lowest BCUT2D eigenvalue weighted by Crippen LogP contribution is -2.29. The van der Waals surface area contributed by atoms with Gasteiger partial charge in [0.1, 0.15) is 5.82 Å². The molecule has 0 atom stereocenters. The first-order valence-electron chi connectivity index (χ1n) is 6.90. The number of anilines is 1. The topological polar surface area (TPSA) is 50.4 Å². The fourth-order valence-corrected chi connectivity index (χ4v) is 1.94. The first-order chi connectivity index (χ1) is 10.0. The maximum absolute atomic E-state index is 13.4. The number of unbranched alkanes of at least 4 members (excludes halogenated alkanes) is 2. The Morgan fingerprint density at radius 2 is 2.10 bits per heavy atom. The molecule has 0 radical (unpaired) electrons. The number of methoxy groups -OCH3 is 1. The highest BCUT2D eigenvalue weighted by molar-refractivity contribution is 7.80. The third-order valence-electron chi connectivity index (χ3n) is 3.00. The summed E-state index contributed by atoms with van der Waals surface area (Å²) in [5.41, 5.74) is 1.23. The lowest BCUT2D eigenvalue weighted by atomic mass is 10.2. The van der Waals surface area contributed by atoms with Crippen molar-refractivity contribution in [3.05, 3.63) is 29.6 Å². The first-order valence-corrected chi connectivity index (χ1v) is 7.31. The number of hydrogen-bond acceptors (Lipinski definition) is 3. The van der Waals surface area contributed by atoms with Crippen LogP contribution in [0.5, 0.6) is 0 Å². The molecule has 6 heteroatoms. The van der Waals surface area contributed by atoms with E-state index in [2.05, 4.69) is 15.4 Å². The molecule has 0 aromatic heterocycles. The van der Waals surface area contributed by atoms with Gasteiger partial charge in [-0.1, -0.05) is 12.5 Å². The van der Waals surface area contributed by atoms with Gasteiger partial charge in [0.05, 0.1) is 7.11 Å². The molecule has 1 aromatic carbocycles. The second-order valence-electron chi connectivity index (χ2n) is 4.73. The normalized spacial score (nSPS) is 10.0. The van der Waals surface area contributed by atoms with Crippen molar-refractivity contribution in [2.75, 3.05) is 19.0 Å². The summed E-state index contributed by atoms with van der Waals surface area (Å²) in [6.45, 7) is 2.42. The molecule has 0 aliphatic carbocycles. The van der Waals surface area contributed by atoms with Crippen molar-refractivity contribution in [1.29, 1.82) is 0 Å². The summed E-state index contributed by atoms with van der Waals surface area (Å²) in [6, 6.07) is 4.90. The van der Waals surface area contributed by atoms with Crippen LogP contribution in [-0.4, -0.2) is 24.7 Å². The Hall–Kier alpha value is -1.69. The standard InChI is InChI=1S/C15H21FN2O2S/c1-11-7-8-12(10-13(11)16)18-15(21)17-9-5-3-4-6-14(19)20-2/h7-8,10H,3-6,9H2,1-2H3,(H2,17,18,21). The summed E-state index contributed by atoms with van der Waals surface area (Å²) in [7, 11) is 1.39. The average Bonchev–Trinajstić information content (AvgIpc) is 2.46. The van der Waals surface area contributed by atoms with Crippen LogP contribution in [0.2, 0.25) is 0 Å². The first kappa shape index (κ1) is 17.4. The van der Waals surface area contributed by atoms with E-state index in [1.165, 1.54) is 13.2 Å². The number of aryl methyl sites for hydroxylation is 1. The minimum absolute atomic E-state index is 0.179. The van der Waals surface area contributed by atoms with Gasteiger partial charge in [0.25, 0.3) is 0 Å². The molecule has 0 saturated heterocycles. The fraction of sp³-hybridized carbons (Fsp3) is 0.467. The Labute approximate surface area is 130 Å². The average molecular weight is 312 g/mol. The van der Waals surface area contributed by atoms with Crippen molar-refractivity contribution in [2.24, 2.45) is 0 Å². The predicted molar refractivity (Wildman–Crippen MR) is 85.8 cm³/mol. The molecule has 4 nitrogen and oxygen atoms in total. The van der Waals surface area contributed by atoms with Crippen LogP contribution in [-0.2, 0) is 9.53 Å². The van der Waals surface area contributed by atoms with Gasteiger partial charge in [-0.2, -0.15) is 0 Å². The summed E-state index contributed by atoms with van der Waals surface area (Å²) in [5.74, 6) is -0.438. The largest absolute Gasteiger partial charge is 0.469 e. The third-order valence-corrected chi connectivity index (χ3v) is 3.25. The molecular formula is C15H21FN2O2S. The van der Waals surface area contributed by atoms with Crippen molar-refractivity contribution in [3.8, 4) is 0 Å². The van der Waals surface area contributed by atoms with Gasteiger partial charge in [-0.3, -0.25) is 4.79 Å². The van der Waals surface area contributed by atoms with E-state index in [0.29, 0.717) is 29.3 Å². The molecule has 116 valence electrons. The molecule has 0 spiro atoms. The van der Waals surface area contributed by atoms with Gasteiger partial charge in [-0.15, -0.1) is 0 Å². The Morgan fingerprint density at radius 1 is 1.33 bits per heavy atom. The second-order valence-corrected chi connectivity index (χ2v) is 5.14. The number of thiocarbonyl (C=S) groups is 1. The Morgan fingerprint density at radius 3 is 2.76 bits per heavy atom. The van der Waals surface area contributed by atoms with Gasteiger partial charge in [-0.25, -0.2) is 4.39 Å². The summed E-state index contributed by atoms with van der Waals surface area (Å²) in [6.07, 6.45) is 3.07. The lowest BCUT2D eigenvalue weighted by molar-refractivity contribution is -0.140. The number of carbonyl (C=O) groups excluding carboxylic acids is 1. The number of nitrogens with one attached hydrogen (secondary N) is 2. The minimum Gasteiger partial charge on any atom is -0.469 e. The van der Waals surface area contributed by atoms with Gasteiger partial charge >= 0.3 is 5.97 Å². The van der Waals surface area contributed by atoms with Gasteiger partial charge in [0.2, 0.25) is 0 Å². The van der Waals surface area contributed by atoms with Crippen molar-refractivity contribution >= 4 is 29.0 Å². The van der Waals surface area contributed by atoms with Crippen LogP contribution in [0.1, 0.15) is 31.2 Å². The Bertz CT molecular complexity index is 495. The van der Waals surface area contributed by atoms with E-state index >= 15 is 0 Å². The van der Waals surface area contributed by atoms with Gasteiger partial charge in [0, 0.05) is 18.7 Å². The van der Waals surface area contributed by atoms with E-state index in [1.807, 2.05) is 0 Å². The van der Waals surface area contributed by atoms with Crippen molar-refractivity contribution < 1.29 is 13.9 Å². The molecule has 0 saturated carbocycles. The Balaban J connectivity index is 2.16.